The summed E-state index contributed by atoms with van der Waals surface area (Å²) in [5.41, 5.74) is 5.47. The van der Waals surface area contributed by atoms with E-state index in [1.165, 1.54) is 12.1 Å². The Bertz CT molecular complexity index is 384. The third kappa shape index (κ3) is 2.82. The molecule has 0 aromatic heterocycles. The Morgan fingerprint density at radius 3 is 2.53 bits per heavy atom. The van der Waals surface area contributed by atoms with Crippen LogP contribution in [0.2, 0.25) is 0 Å². The second-order valence-electron chi connectivity index (χ2n) is 4.22. The van der Waals surface area contributed by atoms with Gasteiger partial charge in [0.15, 0.2) is 11.6 Å². The number of nitrogens with two attached hydrogens (primary N) is 1. The summed E-state index contributed by atoms with van der Waals surface area (Å²) in [6, 6.07) is 3.34. The van der Waals surface area contributed by atoms with E-state index in [-0.39, 0.29) is 5.56 Å². The third-order valence-electron chi connectivity index (χ3n) is 3.15. The molecule has 0 aliphatic rings. The monoisotopic (exact) mass is 243 g/mol. The van der Waals surface area contributed by atoms with Crippen LogP contribution in [0.4, 0.5) is 8.78 Å². The summed E-state index contributed by atoms with van der Waals surface area (Å²) in [7, 11) is 0. The molecule has 0 heterocycles. The van der Waals surface area contributed by atoms with Gasteiger partial charge in [0.1, 0.15) is 0 Å². The average molecular weight is 243 g/mol. The van der Waals surface area contributed by atoms with Crippen molar-refractivity contribution in [2.45, 2.75) is 38.8 Å². The van der Waals surface area contributed by atoms with Gasteiger partial charge >= 0.3 is 0 Å². The molecule has 0 bridgehead atoms. The van der Waals surface area contributed by atoms with Gasteiger partial charge in [-0.25, -0.2) is 8.78 Å². The highest BCUT2D eigenvalue weighted by Crippen LogP contribution is 2.32. The van der Waals surface area contributed by atoms with Crippen molar-refractivity contribution in [1.82, 2.24) is 0 Å². The van der Waals surface area contributed by atoms with Crippen LogP contribution in [-0.4, -0.2) is 12.2 Å². The first-order valence-corrected chi connectivity index (χ1v) is 5.79. The molecule has 2 nitrogen and oxygen atoms in total. The van der Waals surface area contributed by atoms with Crippen LogP contribution in [-0.2, 0) is 4.74 Å². The SMILES string of the molecule is CCOC(C)(CC)C(N)c1cccc(F)c1F. The molecule has 1 aromatic carbocycles. The van der Waals surface area contributed by atoms with E-state index in [0.29, 0.717) is 13.0 Å². The summed E-state index contributed by atoms with van der Waals surface area (Å²) in [5.74, 6) is -1.77. The van der Waals surface area contributed by atoms with Crippen molar-refractivity contribution in [3.63, 3.8) is 0 Å². The quantitative estimate of drug-likeness (QED) is 0.862. The highest BCUT2D eigenvalue weighted by atomic mass is 19.2. The summed E-state index contributed by atoms with van der Waals surface area (Å²) in [4.78, 5) is 0. The Morgan fingerprint density at radius 1 is 1.35 bits per heavy atom. The van der Waals surface area contributed by atoms with E-state index < -0.39 is 23.3 Å². The number of ether oxygens (including phenoxy) is 1. The van der Waals surface area contributed by atoms with Crippen molar-refractivity contribution >= 4 is 0 Å². The molecule has 0 fully saturated rings. The van der Waals surface area contributed by atoms with E-state index in [0.717, 1.165) is 6.07 Å². The minimum Gasteiger partial charge on any atom is -0.374 e. The van der Waals surface area contributed by atoms with E-state index in [1.807, 2.05) is 20.8 Å². The summed E-state index contributed by atoms with van der Waals surface area (Å²) < 4.78 is 32.4. The van der Waals surface area contributed by atoms with Gasteiger partial charge in [0, 0.05) is 12.2 Å². The second kappa shape index (κ2) is 5.56. The fraction of sp³-hybridized carbons (Fsp3) is 0.538. The molecule has 0 spiro atoms. The largest absolute Gasteiger partial charge is 0.374 e. The zero-order valence-electron chi connectivity index (χ0n) is 10.5. The Morgan fingerprint density at radius 2 is 2.00 bits per heavy atom. The van der Waals surface area contributed by atoms with Crippen LogP contribution in [0.25, 0.3) is 0 Å². The van der Waals surface area contributed by atoms with Crippen LogP contribution >= 0.6 is 0 Å². The first kappa shape index (κ1) is 14.1. The van der Waals surface area contributed by atoms with Crippen molar-refractivity contribution in [1.29, 1.82) is 0 Å². The topological polar surface area (TPSA) is 35.2 Å². The van der Waals surface area contributed by atoms with Gasteiger partial charge in [-0.2, -0.15) is 0 Å². The highest BCUT2D eigenvalue weighted by Gasteiger charge is 2.33. The van der Waals surface area contributed by atoms with Gasteiger partial charge in [0.2, 0.25) is 0 Å². The first-order valence-electron chi connectivity index (χ1n) is 5.79. The molecular formula is C13H19F2NO. The van der Waals surface area contributed by atoms with Gasteiger partial charge in [-0.1, -0.05) is 19.1 Å². The molecular weight excluding hydrogens is 224 g/mol. The van der Waals surface area contributed by atoms with Crippen LogP contribution in [0, 0.1) is 11.6 Å². The molecule has 1 aromatic rings. The number of benzene rings is 1. The van der Waals surface area contributed by atoms with Gasteiger partial charge in [-0.3, -0.25) is 0 Å². The molecule has 2 unspecified atom stereocenters. The smallest absolute Gasteiger partial charge is 0.163 e. The van der Waals surface area contributed by atoms with Gasteiger partial charge in [-0.15, -0.1) is 0 Å². The maximum absolute atomic E-state index is 13.6. The second-order valence-corrected chi connectivity index (χ2v) is 4.22. The van der Waals surface area contributed by atoms with E-state index in [9.17, 15) is 8.78 Å². The summed E-state index contributed by atoms with van der Waals surface area (Å²) in [6.07, 6.45) is 0.623. The van der Waals surface area contributed by atoms with Gasteiger partial charge in [0.25, 0.3) is 0 Å². The Labute approximate surface area is 101 Å². The summed E-state index contributed by atoms with van der Waals surface area (Å²) >= 11 is 0. The molecule has 0 amide bonds. The normalized spacial score (nSPS) is 16.6. The molecule has 2 atom stereocenters. The highest BCUT2D eigenvalue weighted by molar-refractivity contribution is 5.24. The Balaban J connectivity index is 3.10. The molecule has 17 heavy (non-hydrogen) atoms. The molecule has 96 valence electrons. The van der Waals surface area contributed by atoms with Crippen molar-refractivity contribution in [3.05, 3.63) is 35.4 Å². The summed E-state index contributed by atoms with van der Waals surface area (Å²) in [6.45, 7) is 6.05. The van der Waals surface area contributed by atoms with Crippen molar-refractivity contribution in [3.8, 4) is 0 Å². The van der Waals surface area contributed by atoms with Crippen molar-refractivity contribution < 1.29 is 13.5 Å². The van der Waals surface area contributed by atoms with Crippen LogP contribution in [0.15, 0.2) is 18.2 Å². The van der Waals surface area contributed by atoms with E-state index in [4.69, 9.17) is 10.5 Å². The fourth-order valence-electron chi connectivity index (χ4n) is 1.83. The molecule has 0 saturated heterocycles. The molecule has 0 saturated carbocycles. The first-order chi connectivity index (χ1) is 7.96. The van der Waals surface area contributed by atoms with Crippen LogP contribution in [0.3, 0.4) is 0 Å². The molecule has 0 aliphatic carbocycles. The number of hydrogen-bond donors (Lipinski definition) is 1. The standard InChI is InChI=1S/C13H19F2NO/c1-4-13(3,17-5-2)12(16)9-7-6-8-10(14)11(9)15/h6-8,12H,4-5,16H2,1-3H3. The maximum Gasteiger partial charge on any atom is 0.163 e. The lowest BCUT2D eigenvalue weighted by Crippen LogP contribution is -2.41. The van der Waals surface area contributed by atoms with Gasteiger partial charge in [0.05, 0.1) is 11.6 Å². The van der Waals surface area contributed by atoms with Crippen molar-refractivity contribution in [2.75, 3.05) is 6.61 Å². The summed E-state index contributed by atoms with van der Waals surface area (Å²) in [5, 5.41) is 0. The van der Waals surface area contributed by atoms with Crippen molar-refractivity contribution in [2.24, 2.45) is 5.73 Å². The number of hydrogen-bond acceptors (Lipinski definition) is 2. The Kier molecular flexibility index (Phi) is 4.60. The number of rotatable bonds is 5. The predicted octanol–water partition coefficient (Wildman–Crippen LogP) is 3.17. The predicted molar refractivity (Wildman–Crippen MR) is 63.6 cm³/mol. The third-order valence-corrected chi connectivity index (χ3v) is 3.15. The van der Waals surface area contributed by atoms with Crippen LogP contribution in [0.5, 0.6) is 0 Å². The molecule has 4 heteroatoms. The zero-order valence-corrected chi connectivity index (χ0v) is 10.5. The van der Waals surface area contributed by atoms with E-state index >= 15 is 0 Å². The molecule has 0 aliphatic heterocycles. The van der Waals surface area contributed by atoms with E-state index in [2.05, 4.69) is 0 Å². The lowest BCUT2D eigenvalue weighted by Gasteiger charge is -2.34. The maximum atomic E-state index is 13.6. The average Bonchev–Trinajstić information content (AvgIpc) is 2.32. The van der Waals surface area contributed by atoms with E-state index in [1.54, 1.807) is 0 Å². The number of halogens is 2. The minimum atomic E-state index is -0.889. The van der Waals surface area contributed by atoms with Crippen LogP contribution < -0.4 is 5.73 Å². The molecule has 2 N–H and O–H groups in total. The molecule has 1 rings (SSSR count). The lowest BCUT2D eigenvalue weighted by atomic mass is 9.88. The zero-order chi connectivity index (χ0) is 13.1. The Hall–Kier alpha value is -1.00. The fourth-order valence-corrected chi connectivity index (χ4v) is 1.83. The lowest BCUT2D eigenvalue weighted by molar-refractivity contribution is -0.0480. The van der Waals surface area contributed by atoms with Gasteiger partial charge in [-0.05, 0) is 26.3 Å². The van der Waals surface area contributed by atoms with Crippen LogP contribution in [0.1, 0.15) is 38.8 Å². The van der Waals surface area contributed by atoms with Gasteiger partial charge < -0.3 is 10.5 Å². The molecule has 0 radical (unpaired) electrons. The minimum absolute atomic E-state index is 0.155.